The van der Waals surface area contributed by atoms with Crippen LogP contribution >= 0.6 is 0 Å². The maximum absolute atomic E-state index is 12.3. The number of β-amino-alcohol motifs (C(OH)–C–C–N with tert-alkyl or cyclic N) is 1. The molecule has 0 spiro atoms. The first-order chi connectivity index (χ1) is 10.0. The van der Waals surface area contributed by atoms with Crippen molar-refractivity contribution in [3.63, 3.8) is 0 Å². The van der Waals surface area contributed by atoms with Crippen LogP contribution in [0.4, 0.5) is 0 Å². The summed E-state index contributed by atoms with van der Waals surface area (Å²) in [6.07, 6.45) is 9.66. The Morgan fingerprint density at radius 1 is 1.14 bits per heavy atom. The fourth-order valence-electron chi connectivity index (χ4n) is 3.17. The summed E-state index contributed by atoms with van der Waals surface area (Å²) >= 11 is 0. The summed E-state index contributed by atoms with van der Waals surface area (Å²) < 4.78 is 0. The van der Waals surface area contributed by atoms with Crippen molar-refractivity contribution in [3.05, 3.63) is 0 Å². The van der Waals surface area contributed by atoms with Gasteiger partial charge in [-0.1, -0.05) is 45.4 Å². The largest absolute Gasteiger partial charge is 0.391 e. The van der Waals surface area contributed by atoms with Crippen LogP contribution in [0.5, 0.6) is 0 Å². The van der Waals surface area contributed by atoms with E-state index in [2.05, 4.69) is 11.8 Å². The Morgan fingerprint density at radius 2 is 1.76 bits per heavy atom. The van der Waals surface area contributed by atoms with Crippen molar-refractivity contribution in [2.24, 2.45) is 0 Å². The number of nitrogens with zero attached hydrogens (tertiary/aromatic N) is 2. The molecule has 0 saturated carbocycles. The molecule has 1 aliphatic rings. The number of unbranched alkanes of at least 4 members (excludes halogenated alkanes) is 6. The molecular weight excluding hydrogens is 264 g/mol. The molecule has 1 amide bonds. The lowest BCUT2D eigenvalue weighted by atomic mass is 10.1. The second-order valence-corrected chi connectivity index (χ2v) is 6.72. The van der Waals surface area contributed by atoms with E-state index >= 15 is 0 Å². The van der Waals surface area contributed by atoms with Crippen molar-refractivity contribution < 1.29 is 9.90 Å². The van der Waals surface area contributed by atoms with Gasteiger partial charge in [-0.05, 0) is 26.9 Å². The van der Waals surface area contributed by atoms with E-state index in [9.17, 15) is 9.90 Å². The molecule has 2 atom stereocenters. The van der Waals surface area contributed by atoms with E-state index in [1.807, 2.05) is 19.0 Å². The Balaban J connectivity index is 2.20. The molecule has 1 saturated heterocycles. The number of rotatable bonds is 10. The number of likely N-dealkylation sites (N-methyl/N-ethyl adjacent to an activating group) is 1. The molecule has 1 fully saturated rings. The Kier molecular flexibility index (Phi) is 8.93. The number of aliphatic hydroxyl groups excluding tert-OH is 1. The molecule has 124 valence electrons. The van der Waals surface area contributed by atoms with Gasteiger partial charge in [0.2, 0.25) is 5.91 Å². The smallest absolute Gasteiger partial charge is 0.222 e. The Labute approximate surface area is 130 Å². The zero-order valence-corrected chi connectivity index (χ0v) is 14.2. The average molecular weight is 298 g/mol. The van der Waals surface area contributed by atoms with Crippen LogP contribution in [0.1, 0.15) is 64.7 Å². The fourth-order valence-corrected chi connectivity index (χ4v) is 3.17. The summed E-state index contributed by atoms with van der Waals surface area (Å²) in [5.74, 6) is 0.229. The highest BCUT2D eigenvalue weighted by Gasteiger charge is 2.33. The third-order valence-electron chi connectivity index (χ3n) is 4.28. The lowest BCUT2D eigenvalue weighted by Crippen LogP contribution is -2.41. The van der Waals surface area contributed by atoms with Gasteiger partial charge in [0, 0.05) is 25.6 Å². The minimum atomic E-state index is -0.340. The van der Waals surface area contributed by atoms with Crippen LogP contribution in [0.3, 0.4) is 0 Å². The van der Waals surface area contributed by atoms with Gasteiger partial charge in [-0.2, -0.15) is 0 Å². The van der Waals surface area contributed by atoms with Gasteiger partial charge in [-0.15, -0.1) is 0 Å². The van der Waals surface area contributed by atoms with Gasteiger partial charge in [0.05, 0.1) is 6.10 Å². The zero-order chi connectivity index (χ0) is 15.7. The van der Waals surface area contributed by atoms with E-state index in [1.54, 1.807) is 0 Å². The fraction of sp³-hybridized carbons (Fsp3) is 0.941. The topological polar surface area (TPSA) is 43.8 Å². The van der Waals surface area contributed by atoms with Crippen LogP contribution in [0.15, 0.2) is 0 Å². The van der Waals surface area contributed by atoms with Crippen LogP contribution in [0, 0.1) is 0 Å². The Bertz CT molecular complexity index is 295. The number of carbonyl (C=O) groups excluding carboxylic acids is 1. The van der Waals surface area contributed by atoms with E-state index in [0.717, 1.165) is 25.8 Å². The summed E-state index contributed by atoms with van der Waals surface area (Å²) in [4.78, 5) is 16.3. The highest BCUT2D eigenvalue weighted by Crippen LogP contribution is 2.20. The minimum Gasteiger partial charge on any atom is -0.391 e. The normalized spacial score (nSPS) is 22.2. The van der Waals surface area contributed by atoms with E-state index in [4.69, 9.17) is 0 Å². The molecular formula is C17H34N2O2. The zero-order valence-electron chi connectivity index (χ0n) is 14.2. The van der Waals surface area contributed by atoms with Gasteiger partial charge in [0.1, 0.15) is 0 Å². The third kappa shape index (κ3) is 7.28. The standard InChI is InChI=1S/C17H34N2O2/c1-4-5-6-7-8-9-10-11-17(21)19-14-16(20)12-15(19)13-18(2)3/h15-16,20H,4-14H2,1-3H3. The monoisotopic (exact) mass is 298 g/mol. The van der Waals surface area contributed by atoms with E-state index in [1.165, 1.54) is 32.1 Å². The van der Waals surface area contributed by atoms with Crippen molar-refractivity contribution in [1.82, 2.24) is 9.80 Å². The summed E-state index contributed by atoms with van der Waals surface area (Å²) in [5.41, 5.74) is 0. The van der Waals surface area contributed by atoms with Crippen LogP contribution in [0.25, 0.3) is 0 Å². The molecule has 0 aromatic rings. The predicted octanol–water partition coefficient (Wildman–Crippen LogP) is 2.65. The maximum atomic E-state index is 12.3. The first-order valence-electron chi connectivity index (χ1n) is 8.66. The highest BCUT2D eigenvalue weighted by molar-refractivity contribution is 5.76. The number of carbonyl (C=O) groups is 1. The molecule has 0 aromatic carbocycles. The van der Waals surface area contributed by atoms with Crippen molar-refractivity contribution >= 4 is 5.91 Å². The van der Waals surface area contributed by atoms with Crippen molar-refractivity contribution in [1.29, 1.82) is 0 Å². The van der Waals surface area contributed by atoms with Gasteiger partial charge in [0.25, 0.3) is 0 Å². The van der Waals surface area contributed by atoms with Crippen LogP contribution < -0.4 is 0 Å². The van der Waals surface area contributed by atoms with Gasteiger partial charge >= 0.3 is 0 Å². The summed E-state index contributed by atoms with van der Waals surface area (Å²) in [7, 11) is 4.04. The van der Waals surface area contributed by atoms with Gasteiger partial charge in [-0.25, -0.2) is 0 Å². The highest BCUT2D eigenvalue weighted by atomic mass is 16.3. The molecule has 0 aliphatic carbocycles. The lowest BCUT2D eigenvalue weighted by molar-refractivity contribution is -0.132. The quantitative estimate of drug-likeness (QED) is 0.631. The Morgan fingerprint density at radius 3 is 2.38 bits per heavy atom. The van der Waals surface area contributed by atoms with Crippen molar-refractivity contribution in [2.45, 2.75) is 76.9 Å². The van der Waals surface area contributed by atoms with E-state index in [0.29, 0.717) is 13.0 Å². The van der Waals surface area contributed by atoms with Crippen molar-refractivity contribution in [2.75, 3.05) is 27.2 Å². The first kappa shape index (κ1) is 18.4. The average Bonchev–Trinajstić information content (AvgIpc) is 2.77. The summed E-state index contributed by atoms with van der Waals surface area (Å²) in [5, 5.41) is 9.81. The SMILES string of the molecule is CCCCCCCCCC(=O)N1CC(O)CC1CN(C)C. The van der Waals surface area contributed by atoms with Crippen LogP contribution in [-0.4, -0.2) is 60.1 Å². The van der Waals surface area contributed by atoms with Gasteiger partial charge < -0.3 is 14.9 Å². The van der Waals surface area contributed by atoms with Gasteiger partial charge in [0.15, 0.2) is 0 Å². The van der Waals surface area contributed by atoms with E-state index < -0.39 is 0 Å². The molecule has 1 heterocycles. The molecule has 4 nitrogen and oxygen atoms in total. The van der Waals surface area contributed by atoms with Crippen molar-refractivity contribution in [3.8, 4) is 0 Å². The predicted molar refractivity (Wildman–Crippen MR) is 87.3 cm³/mol. The number of hydrogen-bond acceptors (Lipinski definition) is 3. The van der Waals surface area contributed by atoms with Gasteiger partial charge in [-0.3, -0.25) is 4.79 Å². The molecule has 4 heteroatoms. The molecule has 1 rings (SSSR count). The van der Waals surface area contributed by atoms with Crippen LogP contribution in [0.2, 0.25) is 0 Å². The molecule has 1 aliphatic heterocycles. The number of amides is 1. The van der Waals surface area contributed by atoms with E-state index in [-0.39, 0.29) is 18.1 Å². The summed E-state index contributed by atoms with van der Waals surface area (Å²) in [6.45, 7) is 3.60. The molecule has 0 radical (unpaired) electrons. The molecule has 0 bridgehead atoms. The number of aliphatic hydroxyl groups is 1. The maximum Gasteiger partial charge on any atom is 0.222 e. The molecule has 0 aromatic heterocycles. The Hall–Kier alpha value is -0.610. The lowest BCUT2D eigenvalue weighted by Gasteiger charge is -2.26. The molecule has 1 N–H and O–H groups in total. The molecule has 21 heavy (non-hydrogen) atoms. The summed E-state index contributed by atoms with van der Waals surface area (Å²) in [6, 6.07) is 0.187. The second-order valence-electron chi connectivity index (χ2n) is 6.72. The molecule has 2 unspecified atom stereocenters. The first-order valence-corrected chi connectivity index (χ1v) is 8.66. The number of likely N-dealkylation sites (tertiary alicyclic amines) is 1. The second kappa shape index (κ2) is 10.2. The van der Waals surface area contributed by atoms with Crippen LogP contribution in [-0.2, 0) is 4.79 Å². The number of hydrogen-bond donors (Lipinski definition) is 1. The third-order valence-corrected chi connectivity index (χ3v) is 4.28. The minimum absolute atomic E-state index is 0.187.